The first-order valence-electron chi connectivity index (χ1n) is 3.68. The smallest absolute Gasteiger partial charge is 0.116 e. The van der Waals surface area contributed by atoms with Crippen LogP contribution in [0.5, 0.6) is 0 Å². The van der Waals surface area contributed by atoms with Crippen molar-refractivity contribution in [1.82, 2.24) is 4.98 Å². The zero-order valence-electron chi connectivity index (χ0n) is 7.71. The van der Waals surface area contributed by atoms with Crippen LogP contribution < -0.4 is 0 Å². The predicted octanol–water partition coefficient (Wildman–Crippen LogP) is 2.90. The fourth-order valence-electron chi connectivity index (χ4n) is 0.790. The molecule has 0 saturated heterocycles. The zero-order valence-corrected chi connectivity index (χ0v) is 9.34. The van der Waals surface area contributed by atoms with Gasteiger partial charge in [0.15, 0.2) is 0 Å². The summed E-state index contributed by atoms with van der Waals surface area (Å²) in [5, 5.41) is 3.28. The third kappa shape index (κ3) is 2.32. The van der Waals surface area contributed by atoms with E-state index in [-0.39, 0.29) is 0 Å². The van der Waals surface area contributed by atoms with Crippen molar-refractivity contribution in [2.45, 2.75) is 25.8 Å². The minimum absolute atomic E-state index is 1.06. The zero-order chi connectivity index (χ0) is 9.14. The lowest BCUT2D eigenvalue weighted by Crippen LogP contribution is -1.84. The maximum atomic E-state index is 4.40. The molecule has 0 fully saturated rings. The first-order valence-corrected chi connectivity index (χ1v) is 5.32. The highest BCUT2D eigenvalue weighted by Crippen LogP contribution is 2.26. The highest BCUT2D eigenvalue weighted by Gasteiger charge is 2.05. The van der Waals surface area contributed by atoms with Gasteiger partial charge in [0.25, 0.3) is 0 Å². The number of hydrogen-bond acceptors (Lipinski definition) is 4. The third-order valence-electron chi connectivity index (χ3n) is 1.42. The molecule has 0 aliphatic heterocycles. The lowest BCUT2D eigenvalue weighted by Gasteiger charge is -1.95. The molecule has 1 rings (SSSR count). The molecule has 1 aromatic rings. The van der Waals surface area contributed by atoms with Gasteiger partial charge in [-0.3, -0.25) is 4.99 Å². The number of nitrogens with zero attached hydrogens (tertiary/aromatic N) is 2. The van der Waals surface area contributed by atoms with E-state index in [1.165, 1.54) is 4.88 Å². The van der Waals surface area contributed by atoms with Crippen molar-refractivity contribution in [1.29, 1.82) is 0 Å². The number of aliphatic imine (C=N–C) groups is 1. The Balaban J connectivity index is 2.82. The molecule has 0 aliphatic carbocycles. The van der Waals surface area contributed by atoms with E-state index in [2.05, 4.69) is 16.9 Å². The highest BCUT2D eigenvalue weighted by atomic mass is 32.2. The highest BCUT2D eigenvalue weighted by molar-refractivity contribution is 8.13. The van der Waals surface area contributed by atoms with E-state index in [4.69, 9.17) is 0 Å². The van der Waals surface area contributed by atoms with Crippen molar-refractivity contribution in [3.63, 3.8) is 0 Å². The van der Waals surface area contributed by atoms with E-state index in [1.807, 2.05) is 13.8 Å². The molecule has 1 aromatic heterocycles. The van der Waals surface area contributed by atoms with Crippen molar-refractivity contribution in [2.24, 2.45) is 4.99 Å². The van der Waals surface area contributed by atoms with Crippen LogP contribution in [0.2, 0.25) is 0 Å². The normalized spacial score (nSPS) is 12.2. The number of rotatable bonds is 1. The van der Waals surface area contributed by atoms with E-state index in [0.717, 1.165) is 15.1 Å². The monoisotopic (exact) mass is 200 g/mol. The fraction of sp³-hybridized carbons (Fsp3) is 0.500. The Morgan fingerprint density at radius 3 is 2.58 bits per heavy atom. The van der Waals surface area contributed by atoms with Crippen LogP contribution in [0, 0.1) is 13.8 Å². The van der Waals surface area contributed by atoms with Gasteiger partial charge in [-0.15, -0.1) is 11.3 Å². The number of hydrogen-bond donors (Lipinski definition) is 0. The quantitative estimate of drug-likeness (QED) is 0.395. The Hall–Kier alpha value is -0.350. The number of aromatic nitrogens is 1. The SMILES string of the molecule is C/N=C(/C)Sc1nc(C)sc1C. The molecule has 0 bridgehead atoms. The molecule has 0 spiro atoms. The van der Waals surface area contributed by atoms with Gasteiger partial charge in [-0.2, -0.15) is 0 Å². The number of thioether (sulfide) groups is 1. The standard InChI is InChI=1S/C8H12N2S2/c1-5-8(10-7(3)11-5)12-6(2)9-4/h1-4H3/b9-6-. The minimum atomic E-state index is 1.06. The van der Waals surface area contributed by atoms with Gasteiger partial charge in [-0.1, -0.05) is 11.8 Å². The van der Waals surface area contributed by atoms with Gasteiger partial charge in [-0.05, 0) is 20.8 Å². The summed E-state index contributed by atoms with van der Waals surface area (Å²) in [6.45, 7) is 6.12. The van der Waals surface area contributed by atoms with E-state index < -0.39 is 0 Å². The van der Waals surface area contributed by atoms with Crippen molar-refractivity contribution in [3.8, 4) is 0 Å². The van der Waals surface area contributed by atoms with Gasteiger partial charge in [0.1, 0.15) is 5.03 Å². The van der Waals surface area contributed by atoms with Gasteiger partial charge in [0.05, 0.1) is 10.1 Å². The second-order valence-corrected chi connectivity index (χ2v) is 5.03. The summed E-state index contributed by atoms with van der Waals surface area (Å²) < 4.78 is 0. The molecule has 0 aliphatic rings. The Labute approximate surface area is 81.1 Å². The lowest BCUT2D eigenvalue weighted by atomic mass is 10.6. The van der Waals surface area contributed by atoms with Crippen LogP contribution in [0.4, 0.5) is 0 Å². The van der Waals surface area contributed by atoms with E-state index in [0.29, 0.717) is 0 Å². The molecule has 0 radical (unpaired) electrons. The summed E-state index contributed by atoms with van der Waals surface area (Å²) in [6.07, 6.45) is 0. The largest absolute Gasteiger partial charge is 0.286 e. The minimum Gasteiger partial charge on any atom is -0.286 e. The summed E-state index contributed by atoms with van der Waals surface area (Å²) in [4.78, 5) is 9.76. The summed E-state index contributed by atoms with van der Waals surface area (Å²) in [5.74, 6) is 0. The first kappa shape index (κ1) is 9.74. The van der Waals surface area contributed by atoms with Crippen molar-refractivity contribution in [3.05, 3.63) is 9.88 Å². The first-order chi connectivity index (χ1) is 5.63. The van der Waals surface area contributed by atoms with Crippen LogP contribution in [-0.4, -0.2) is 17.1 Å². The molecule has 4 heteroatoms. The Morgan fingerprint density at radius 1 is 1.50 bits per heavy atom. The van der Waals surface area contributed by atoms with E-state index in [9.17, 15) is 0 Å². The molecule has 0 N–H and O–H groups in total. The molecular weight excluding hydrogens is 188 g/mol. The second-order valence-electron chi connectivity index (χ2n) is 2.44. The van der Waals surface area contributed by atoms with Gasteiger partial charge in [0, 0.05) is 11.9 Å². The Morgan fingerprint density at radius 2 is 2.17 bits per heavy atom. The summed E-state index contributed by atoms with van der Waals surface area (Å²) >= 11 is 3.38. The molecule has 1 heterocycles. The fourth-order valence-corrected chi connectivity index (χ4v) is 2.51. The Bertz CT molecular complexity index is 302. The molecule has 0 atom stereocenters. The predicted molar refractivity (Wildman–Crippen MR) is 56.5 cm³/mol. The maximum Gasteiger partial charge on any atom is 0.116 e. The van der Waals surface area contributed by atoms with Crippen molar-refractivity contribution in [2.75, 3.05) is 7.05 Å². The molecule has 66 valence electrons. The van der Waals surface area contributed by atoms with E-state index in [1.54, 1.807) is 30.1 Å². The van der Waals surface area contributed by atoms with Crippen LogP contribution in [-0.2, 0) is 0 Å². The average Bonchev–Trinajstić information content (AvgIpc) is 2.30. The molecular formula is C8H12N2S2. The molecule has 0 unspecified atom stereocenters. The summed E-state index contributed by atoms with van der Waals surface area (Å²) in [7, 11) is 1.80. The lowest BCUT2D eigenvalue weighted by molar-refractivity contribution is 1.12. The van der Waals surface area contributed by atoms with Crippen LogP contribution in [0.25, 0.3) is 0 Å². The summed E-state index contributed by atoms with van der Waals surface area (Å²) in [6, 6.07) is 0. The molecule has 2 nitrogen and oxygen atoms in total. The molecule has 0 aromatic carbocycles. The molecule has 12 heavy (non-hydrogen) atoms. The van der Waals surface area contributed by atoms with Crippen molar-refractivity contribution < 1.29 is 0 Å². The molecule has 0 saturated carbocycles. The topological polar surface area (TPSA) is 25.2 Å². The van der Waals surface area contributed by atoms with Gasteiger partial charge in [0.2, 0.25) is 0 Å². The van der Waals surface area contributed by atoms with Gasteiger partial charge >= 0.3 is 0 Å². The average molecular weight is 200 g/mol. The van der Waals surface area contributed by atoms with E-state index >= 15 is 0 Å². The summed E-state index contributed by atoms with van der Waals surface area (Å²) in [5.41, 5.74) is 0. The number of thiazole rings is 1. The third-order valence-corrected chi connectivity index (χ3v) is 3.50. The Kier molecular flexibility index (Phi) is 3.29. The van der Waals surface area contributed by atoms with Crippen LogP contribution >= 0.6 is 23.1 Å². The van der Waals surface area contributed by atoms with Crippen LogP contribution in [0.15, 0.2) is 10.0 Å². The maximum absolute atomic E-state index is 4.40. The van der Waals surface area contributed by atoms with Crippen molar-refractivity contribution >= 4 is 28.1 Å². The van der Waals surface area contributed by atoms with Gasteiger partial charge < -0.3 is 0 Å². The van der Waals surface area contributed by atoms with Crippen LogP contribution in [0.1, 0.15) is 16.8 Å². The second kappa shape index (κ2) is 4.05. The number of aryl methyl sites for hydroxylation is 2. The van der Waals surface area contributed by atoms with Crippen LogP contribution in [0.3, 0.4) is 0 Å². The van der Waals surface area contributed by atoms with Gasteiger partial charge in [-0.25, -0.2) is 4.98 Å². The molecule has 0 amide bonds.